The quantitative estimate of drug-likeness (QED) is 0.770. The van der Waals surface area contributed by atoms with Crippen LogP contribution in [0.15, 0.2) is 24.4 Å². The van der Waals surface area contributed by atoms with Crippen LogP contribution in [0.5, 0.6) is 0 Å². The highest BCUT2D eigenvalue weighted by Gasteiger charge is 2.21. The number of nitrogens with one attached hydrogen (secondary N) is 2. The number of hydrogen-bond donors (Lipinski definition) is 2. The minimum Gasteiger partial charge on any atom is -0.351 e. The fourth-order valence-electron chi connectivity index (χ4n) is 2.35. The summed E-state index contributed by atoms with van der Waals surface area (Å²) in [7, 11) is 0. The molecule has 6 heteroatoms. The Bertz CT molecular complexity index is 691. The second-order valence-corrected chi connectivity index (χ2v) is 5.83. The van der Waals surface area contributed by atoms with E-state index in [1.54, 1.807) is 16.7 Å². The van der Waals surface area contributed by atoms with Crippen LogP contribution in [0.1, 0.15) is 61.1 Å². The molecule has 0 unspecified atom stereocenters. The summed E-state index contributed by atoms with van der Waals surface area (Å²) >= 11 is 0. The highest BCUT2D eigenvalue weighted by atomic mass is 16.2. The van der Waals surface area contributed by atoms with E-state index in [9.17, 15) is 9.59 Å². The standard InChI is InChI=1S/C17H24N4O2/c1-4-5-7-10-18-16(22)14-13-9-6-8-11-21(13)15(20-14)17(23)19-12(2)3/h6,8-9,11-12H,4-5,7,10H2,1-3H3,(H,18,22)(H,19,23). The van der Waals surface area contributed by atoms with Crippen LogP contribution in [0, 0.1) is 0 Å². The number of rotatable bonds is 7. The molecule has 0 aliphatic heterocycles. The number of unbranched alkanes of at least 4 members (excludes halogenated alkanes) is 2. The first-order valence-corrected chi connectivity index (χ1v) is 8.10. The second kappa shape index (κ2) is 7.76. The summed E-state index contributed by atoms with van der Waals surface area (Å²) in [5, 5.41) is 5.68. The van der Waals surface area contributed by atoms with Crippen LogP contribution in [0.25, 0.3) is 5.52 Å². The van der Waals surface area contributed by atoms with Crippen molar-refractivity contribution in [2.75, 3.05) is 6.54 Å². The number of hydrogen-bond acceptors (Lipinski definition) is 3. The zero-order valence-corrected chi connectivity index (χ0v) is 13.9. The monoisotopic (exact) mass is 316 g/mol. The van der Waals surface area contributed by atoms with E-state index < -0.39 is 0 Å². The zero-order chi connectivity index (χ0) is 16.8. The van der Waals surface area contributed by atoms with E-state index in [0.29, 0.717) is 12.1 Å². The van der Waals surface area contributed by atoms with Gasteiger partial charge >= 0.3 is 0 Å². The second-order valence-electron chi connectivity index (χ2n) is 5.83. The van der Waals surface area contributed by atoms with Gasteiger partial charge in [0.15, 0.2) is 5.69 Å². The van der Waals surface area contributed by atoms with Gasteiger partial charge in [0, 0.05) is 18.8 Å². The van der Waals surface area contributed by atoms with E-state index in [0.717, 1.165) is 19.3 Å². The highest BCUT2D eigenvalue weighted by molar-refractivity contribution is 6.02. The maximum absolute atomic E-state index is 12.4. The Hall–Kier alpha value is -2.37. The molecule has 0 fully saturated rings. The zero-order valence-electron chi connectivity index (χ0n) is 13.9. The number of carbonyl (C=O) groups excluding carboxylic acids is 2. The van der Waals surface area contributed by atoms with Gasteiger partial charge in [0.1, 0.15) is 0 Å². The van der Waals surface area contributed by atoms with Crippen molar-refractivity contribution in [3.8, 4) is 0 Å². The normalized spacial score (nSPS) is 11.0. The van der Waals surface area contributed by atoms with Gasteiger partial charge in [-0.2, -0.15) is 0 Å². The summed E-state index contributed by atoms with van der Waals surface area (Å²) in [4.78, 5) is 28.9. The van der Waals surface area contributed by atoms with Crippen LogP contribution in [0.3, 0.4) is 0 Å². The van der Waals surface area contributed by atoms with Crippen LogP contribution < -0.4 is 10.6 Å². The van der Waals surface area contributed by atoms with Gasteiger partial charge in [0.05, 0.1) is 5.52 Å². The van der Waals surface area contributed by atoms with Crippen molar-refractivity contribution in [3.05, 3.63) is 35.9 Å². The van der Waals surface area contributed by atoms with Crippen LogP contribution >= 0.6 is 0 Å². The van der Waals surface area contributed by atoms with Crippen molar-refractivity contribution in [2.45, 2.75) is 46.1 Å². The first-order chi connectivity index (χ1) is 11.0. The third-order valence-corrected chi connectivity index (χ3v) is 3.45. The lowest BCUT2D eigenvalue weighted by atomic mass is 10.2. The summed E-state index contributed by atoms with van der Waals surface area (Å²) in [5.74, 6) is -0.298. The molecule has 2 heterocycles. The molecule has 0 radical (unpaired) electrons. The predicted molar refractivity (Wildman–Crippen MR) is 89.7 cm³/mol. The Morgan fingerprint density at radius 1 is 1.22 bits per heavy atom. The molecule has 2 N–H and O–H groups in total. The number of imidazole rings is 1. The van der Waals surface area contributed by atoms with Gasteiger partial charge < -0.3 is 10.6 Å². The Morgan fingerprint density at radius 2 is 2.00 bits per heavy atom. The van der Waals surface area contributed by atoms with Crippen LogP contribution in [0.2, 0.25) is 0 Å². The minimum atomic E-state index is -0.286. The van der Waals surface area contributed by atoms with Gasteiger partial charge in [-0.25, -0.2) is 4.98 Å². The van der Waals surface area contributed by atoms with Gasteiger partial charge in [0.25, 0.3) is 11.8 Å². The number of aromatic nitrogens is 2. The van der Waals surface area contributed by atoms with Crippen LogP contribution in [-0.4, -0.2) is 33.8 Å². The van der Waals surface area contributed by atoms with Gasteiger partial charge in [-0.1, -0.05) is 25.8 Å². The Morgan fingerprint density at radius 3 is 2.70 bits per heavy atom. The molecule has 2 aromatic rings. The van der Waals surface area contributed by atoms with E-state index in [-0.39, 0.29) is 29.4 Å². The van der Waals surface area contributed by atoms with Crippen molar-refractivity contribution in [1.29, 1.82) is 0 Å². The maximum atomic E-state index is 12.4. The van der Waals surface area contributed by atoms with E-state index in [4.69, 9.17) is 0 Å². The molecule has 0 aliphatic carbocycles. The summed E-state index contributed by atoms with van der Waals surface area (Å²) in [6, 6.07) is 5.43. The first kappa shape index (κ1) is 17.0. The molecule has 6 nitrogen and oxygen atoms in total. The topological polar surface area (TPSA) is 75.5 Å². The fraction of sp³-hybridized carbons (Fsp3) is 0.471. The van der Waals surface area contributed by atoms with E-state index in [2.05, 4.69) is 22.5 Å². The van der Waals surface area contributed by atoms with Crippen LogP contribution in [-0.2, 0) is 0 Å². The Kier molecular flexibility index (Phi) is 5.73. The number of fused-ring (bicyclic) bond motifs is 1. The van der Waals surface area contributed by atoms with E-state index >= 15 is 0 Å². The third kappa shape index (κ3) is 4.09. The number of nitrogens with zero attached hydrogens (tertiary/aromatic N) is 2. The highest BCUT2D eigenvalue weighted by Crippen LogP contribution is 2.13. The largest absolute Gasteiger partial charge is 0.351 e. The van der Waals surface area contributed by atoms with E-state index in [1.165, 1.54) is 0 Å². The fourth-order valence-corrected chi connectivity index (χ4v) is 2.35. The SMILES string of the molecule is CCCCCNC(=O)c1nc(C(=O)NC(C)C)n2ccccc12. The molecule has 0 spiro atoms. The summed E-state index contributed by atoms with van der Waals surface area (Å²) in [6.07, 6.45) is 4.86. The van der Waals surface area contributed by atoms with Gasteiger partial charge in [-0.3, -0.25) is 14.0 Å². The average molecular weight is 316 g/mol. The molecular formula is C17H24N4O2. The molecule has 2 rings (SSSR count). The van der Waals surface area contributed by atoms with Crippen molar-refractivity contribution in [3.63, 3.8) is 0 Å². The Labute approximate surface area is 136 Å². The summed E-state index contributed by atoms with van der Waals surface area (Å²) < 4.78 is 1.65. The number of amides is 2. The lowest BCUT2D eigenvalue weighted by Crippen LogP contribution is -2.31. The summed E-state index contributed by atoms with van der Waals surface area (Å²) in [5.41, 5.74) is 0.922. The molecule has 124 valence electrons. The maximum Gasteiger partial charge on any atom is 0.287 e. The lowest BCUT2D eigenvalue weighted by Gasteiger charge is -2.06. The van der Waals surface area contributed by atoms with Crippen molar-refractivity contribution in [1.82, 2.24) is 20.0 Å². The average Bonchev–Trinajstić information content (AvgIpc) is 2.90. The first-order valence-electron chi connectivity index (χ1n) is 8.10. The molecule has 0 aromatic carbocycles. The lowest BCUT2D eigenvalue weighted by molar-refractivity contribution is 0.0932. The predicted octanol–water partition coefficient (Wildman–Crippen LogP) is 2.39. The molecule has 2 aromatic heterocycles. The Balaban J connectivity index is 2.26. The molecule has 2 amide bonds. The number of pyridine rings is 1. The smallest absolute Gasteiger partial charge is 0.287 e. The molecular weight excluding hydrogens is 292 g/mol. The van der Waals surface area contributed by atoms with Crippen molar-refractivity contribution >= 4 is 17.3 Å². The molecule has 0 atom stereocenters. The third-order valence-electron chi connectivity index (χ3n) is 3.45. The van der Waals surface area contributed by atoms with Gasteiger partial charge in [-0.15, -0.1) is 0 Å². The van der Waals surface area contributed by atoms with Crippen molar-refractivity contribution < 1.29 is 9.59 Å². The van der Waals surface area contributed by atoms with Gasteiger partial charge in [-0.05, 0) is 32.4 Å². The molecule has 0 aliphatic rings. The van der Waals surface area contributed by atoms with Gasteiger partial charge in [0.2, 0.25) is 5.82 Å². The molecule has 23 heavy (non-hydrogen) atoms. The van der Waals surface area contributed by atoms with Crippen molar-refractivity contribution in [2.24, 2.45) is 0 Å². The minimum absolute atomic E-state index is 0.00452. The van der Waals surface area contributed by atoms with Crippen LogP contribution in [0.4, 0.5) is 0 Å². The molecule has 0 bridgehead atoms. The molecule has 0 saturated carbocycles. The van der Waals surface area contributed by atoms with E-state index in [1.807, 2.05) is 26.0 Å². The summed E-state index contributed by atoms with van der Waals surface area (Å²) in [6.45, 7) is 6.50. The molecule has 0 saturated heterocycles. The number of carbonyl (C=O) groups is 2.